The van der Waals surface area contributed by atoms with Gasteiger partial charge in [-0.15, -0.1) is 0 Å². The van der Waals surface area contributed by atoms with Crippen molar-refractivity contribution in [2.24, 2.45) is 5.84 Å². The number of hydrogen-bond donors (Lipinski definition) is 2. The fraction of sp³-hybridized carbons (Fsp3) is 0.0769. The van der Waals surface area contributed by atoms with E-state index in [2.05, 4.69) is 4.98 Å². The Morgan fingerprint density at radius 1 is 1.25 bits per heavy atom. The number of halogens is 2. The first-order valence-electron chi connectivity index (χ1n) is 5.64. The molecule has 0 unspecified atom stereocenters. The Bertz CT molecular complexity index is 618. The average Bonchev–Trinajstić information content (AvgIpc) is 2.48. The molecule has 2 rings (SSSR count). The normalized spacial score (nSPS) is 10.2. The number of hydrogen-bond acceptors (Lipinski definition) is 4. The molecular formula is C13H11F2N3O2. The highest BCUT2D eigenvalue weighted by atomic mass is 19.2. The highest BCUT2D eigenvalue weighted by Gasteiger charge is 2.06. The van der Waals surface area contributed by atoms with Crippen molar-refractivity contribution in [1.29, 1.82) is 0 Å². The molecule has 0 saturated carbocycles. The number of aromatic nitrogens is 1. The average molecular weight is 279 g/mol. The Kier molecular flexibility index (Phi) is 4.21. The summed E-state index contributed by atoms with van der Waals surface area (Å²) < 4.78 is 30.9. The molecule has 2 aromatic rings. The van der Waals surface area contributed by atoms with Gasteiger partial charge in [-0.2, -0.15) is 0 Å². The van der Waals surface area contributed by atoms with Crippen molar-refractivity contribution in [2.75, 3.05) is 0 Å². The molecule has 0 saturated heterocycles. The van der Waals surface area contributed by atoms with E-state index in [1.807, 2.05) is 5.43 Å². The van der Waals surface area contributed by atoms with Gasteiger partial charge >= 0.3 is 0 Å². The van der Waals surface area contributed by atoms with Gasteiger partial charge in [0.2, 0.25) is 0 Å². The number of pyridine rings is 1. The zero-order valence-electron chi connectivity index (χ0n) is 10.3. The van der Waals surface area contributed by atoms with Crippen LogP contribution in [-0.2, 0) is 6.61 Å². The van der Waals surface area contributed by atoms with Gasteiger partial charge in [0.25, 0.3) is 5.91 Å². The van der Waals surface area contributed by atoms with E-state index < -0.39 is 17.5 Å². The van der Waals surface area contributed by atoms with Crippen molar-refractivity contribution in [3.63, 3.8) is 0 Å². The lowest BCUT2D eigenvalue weighted by atomic mass is 10.2. The number of nitrogen functional groups attached to an aromatic ring is 1. The molecule has 0 bridgehead atoms. The minimum absolute atomic E-state index is 0.0651. The van der Waals surface area contributed by atoms with Crippen LogP contribution in [0.15, 0.2) is 36.5 Å². The minimum Gasteiger partial charge on any atom is -0.487 e. The van der Waals surface area contributed by atoms with Crippen LogP contribution in [0, 0.1) is 11.6 Å². The molecule has 104 valence electrons. The maximum atomic E-state index is 13.0. The van der Waals surface area contributed by atoms with Crippen LogP contribution in [0.3, 0.4) is 0 Å². The van der Waals surface area contributed by atoms with Gasteiger partial charge in [0.1, 0.15) is 12.4 Å². The minimum atomic E-state index is -0.981. The van der Waals surface area contributed by atoms with Crippen molar-refractivity contribution in [3.05, 3.63) is 59.4 Å². The van der Waals surface area contributed by atoms with Crippen molar-refractivity contribution >= 4 is 5.91 Å². The molecule has 1 aromatic carbocycles. The summed E-state index contributed by atoms with van der Waals surface area (Å²) in [6.45, 7) is 0.0651. The Morgan fingerprint density at radius 2 is 2.05 bits per heavy atom. The summed E-state index contributed by atoms with van der Waals surface area (Å²) in [5, 5.41) is 0. The van der Waals surface area contributed by atoms with Crippen LogP contribution < -0.4 is 16.0 Å². The number of hydrazine groups is 1. The second-order valence-corrected chi connectivity index (χ2v) is 3.88. The highest BCUT2D eigenvalue weighted by Crippen LogP contribution is 2.16. The van der Waals surface area contributed by atoms with Gasteiger partial charge in [-0.3, -0.25) is 15.2 Å². The number of ether oxygens (including phenoxy) is 1. The van der Waals surface area contributed by atoms with E-state index in [4.69, 9.17) is 10.6 Å². The standard InChI is InChI=1S/C13H11F2N3O2/c14-11-4-3-10(5-12(11)15)20-7-9-2-1-8(6-17-9)13(19)18-16/h1-6H,7,16H2,(H,18,19). The topological polar surface area (TPSA) is 77.2 Å². The van der Waals surface area contributed by atoms with Gasteiger partial charge in [-0.05, 0) is 24.3 Å². The Hall–Kier alpha value is -2.54. The number of carbonyl (C=O) groups excluding carboxylic acids is 1. The predicted molar refractivity (Wildman–Crippen MR) is 66.6 cm³/mol. The predicted octanol–water partition coefficient (Wildman–Crippen LogP) is 1.54. The molecule has 0 spiro atoms. The second kappa shape index (κ2) is 6.07. The third-order valence-electron chi connectivity index (χ3n) is 2.50. The van der Waals surface area contributed by atoms with Crippen LogP contribution in [0.1, 0.15) is 16.1 Å². The molecule has 1 amide bonds. The third-order valence-corrected chi connectivity index (χ3v) is 2.50. The number of nitrogens with one attached hydrogen (secondary N) is 1. The molecule has 5 nitrogen and oxygen atoms in total. The van der Waals surface area contributed by atoms with Crippen LogP contribution in [0.5, 0.6) is 5.75 Å². The first kappa shape index (κ1) is 13.9. The van der Waals surface area contributed by atoms with Crippen molar-refractivity contribution < 1.29 is 18.3 Å². The summed E-state index contributed by atoms with van der Waals surface area (Å²) in [5.41, 5.74) is 2.82. The van der Waals surface area contributed by atoms with E-state index in [-0.39, 0.29) is 12.4 Å². The van der Waals surface area contributed by atoms with E-state index in [0.29, 0.717) is 11.3 Å². The molecular weight excluding hydrogens is 268 g/mol. The van der Waals surface area contributed by atoms with Gasteiger partial charge < -0.3 is 4.74 Å². The van der Waals surface area contributed by atoms with Crippen LogP contribution in [0.4, 0.5) is 8.78 Å². The van der Waals surface area contributed by atoms with E-state index in [1.165, 1.54) is 18.3 Å². The molecule has 3 N–H and O–H groups in total. The van der Waals surface area contributed by atoms with Crippen LogP contribution in [0.2, 0.25) is 0 Å². The third kappa shape index (κ3) is 3.27. The molecule has 1 heterocycles. The Labute approximate surface area is 113 Å². The highest BCUT2D eigenvalue weighted by molar-refractivity contribution is 5.93. The van der Waals surface area contributed by atoms with Gasteiger partial charge in [0.05, 0.1) is 11.3 Å². The van der Waals surface area contributed by atoms with E-state index >= 15 is 0 Å². The summed E-state index contributed by atoms with van der Waals surface area (Å²) in [4.78, 5) is 15.2. The fourth-order valence-corrected chi connectivity index (χ4v) is 1.45. The van der Waals surface area contributed by atoms with Crippen LogP contribution in [0.25, 0.3) is 0 Å². The monoisotopic (exact) mass is 279 g/mol. The quantitative estimate of drug-likeness (QED) is 0.505. The van der Waals surface area contributed by atoms with Crippen LogP contribution in [-0.4, -0.2) is 10.9 Å². The lowest BCUT2D eigenvalue weighted by Gasteiger charge is -2.06. The maximum absolute atomic E-state index is 13.0. The summed E-state index contributed by atoms with van der Waals surface area (Å²) in [5.74, 6) is 2.80. The number of amides is 1. The first-order valence-corrected chi connectivity index (χ1v) is 5.64. The molecule has 0 radical (unpaired) electrons. The molecule has 1 aromatic heterocycles. The second-order valence-electron chi connectivity index (χ2n) is 3.88. The first-order chi connectivity index (χ1) is 9.60. The summed E-state index contributed by atoms with van der Waals surface area (Å²) in [6, 6.07) is 6.34. The van der Waals surface area contributed by atoms with Crippen LogP contribution >= 0.6 is 0 Å². The van der Waals surface area contributed by atoms with Crippen molar-refractivity contribution in [1.82, 2.24) is 10.4 Å². The maximum Gasteiger partial charge on any atom is 0.266 e. The number of carbonyl (C=O) groups is 1. The van der Waals surface area contributed by atoms with Gasteiger partial charge in [0.15, 0.2) is 11.6 Å². The van der Waals surface area contributed by atoms with Gasteiger partial charge in [-0.25, -0.2) is 14.6 Å². The zero-order chi connectivity index (χ0) is 14.5. The Balaban J connectivity index is 2.00. The van der Waals surface area contributed by atoms with E-state index in [9.17, 15) is 13.6 Å². The molecule has 0 aliphatic carbocycles. The SMILES string of the molecule is NNC(=O)c1ccc(COc2ccc(F)c(F)c2)nc1. The lowest BCUT2D eigenvalue weighted by molar-refractivity contribution is 0.0953. The van der Waals surface area contributed by atoms with Gasteiger partial charge in [0, 0.05) is 12.3 Å². The summed E-state index contributed by atoms with van der Waals surface area (Å²) in [6.07, 6.45) is 1.34. The molecule has 0 fully saturated rings. The summed E-state index contributed by atoms with van der Waals surface area (Å²) in [7, 11) is 0. The largest absolute Gasteiger partial charge is 0.487 e. The molecule has 20 heavy (non-hydrogen) atoms. The van der Waals surface area contributed by atoms with Crippen molar-refractivity contribution in [2.45, 2.75) is 6.61 Å². The number of rotatable bonds is 4. The van der Waals surface area contributed by atoms with E-state index in [1.54, 1.807) is 6.07 Å². The number of nitrogens with zero attached hydrogens (tertiary/aromatic N) is 1. The van der Waals surface area contributed by atoms with E-state index in [0.717, 1.165) is 12.1 Å². The smallest absolute Gasteiger partial charge is 0.266 e. The molecule has 0 atom stereocenters. The molecule has 0 aliphatic heterocycles. The number of benzene rings is 1. The zero-order valence-corrected chi connectivity index (χ0v) is 10.3. The van der Waals surface area contributed by atoms with Crippen molar-refractivity contribution in [3.8, 4) is 5.75 Å². The Morgan fingerprint density at radius 3 is 2.65 bits per heavy atom. The fourth-order valence-electron chi connectivity index (χ4n) is 1.45. The lowest BCUT2D eigenvalue weighted by Crippen LogP contribution is -2.30. The molecule has 0 aliphatic rings. The summed E-state index contributed by atoms with van der Waals surface area (Å²) >= 11 is 0. The molecule has 7 heteroatoms. The van der Waals surface area contributed by atoms with Gasteiger partial charge in [-0.1, -0.05) is 0 Å². The number of nitrogens with two attached hydrogens (primary N) is 1.